The molecule has 0 atom stereocenters. The van der Waals surface area contributed by atoms with Gasteiger partial charge in [-0.05, 0) is 12.8 Å². The van der Waals surface area contributed by atoms with Gasteiger partial charge in [0, 0.05) is 21.1 Å². The molecule has 2 N–H and O–H groups in total. The van der Waals surface area contributed by atoms with Crippen LogP contribution in [0.15, 0.2) is 0 Å². The SMILES string of the molecule is CN(C)C(=O)CN(C)C(=O)NC1(C(=O)O)CCCCC1. The molecular weight excluding hydrogens is 262 g/mol. The molecule has 1 saturated carbocycles. The van der Waals surface area contributed by atoms with Gasteiger partial charge in [-0.25, -0.2) is 9.59 Å². The van der Waals surface area contributed by atoms with E-state index in [9.17, 15) is 19.5 Å². The van der Waals surface area contributed by atoms with Crippen LogP contribution in [0.3, 0.4) is 0 Å². The minimum absolute atomic E-state index is 0.0749. The highest BCUT2D eigenvalue weighted by Gasteiger charge is 2.41. The van der Waals surface area contributed by atoms with Crippen molar-refractivity contribution in [3.05, 3.63) is 0 Å². The molecule has 7 heteroatoms. The summed E-state index contributed by atoms with van der Waals surface area (Å²) in [5.74, 6) is -1.21. The van der Waals surface area contributed by atoms with Crippen LogP contribution >= 0.6 is 0 Å². The average molecular weight is 285 g/mol. The van der Waals surface area contributed by atoms with Crippen molar-refractivity contribution < 1.29 is 19.5 Å². The van der Waals surface area contributed by atoms with Gasteiger partial charge in [0.05, 0.1) is 0 Å². The third-order valence-corrected chi connectivity index (χ3v) is 3.68. The zero-order valence-corrected chi connectivity index (χ0v) is 12.3. The van der Waals surface area contributed by atoms with Gasteiger partial charge in [0.15, 0.2) is 0 Å². The molecule has 0 radical (unpaired) electrons. The number of amides is 3. The quantitative estimate of drug-likeness (QED) is 0.787. The number of carbonyl (C=O) groups excluding carboxylic acids is 2. The van der Waals surface area contributed by atoms with Crippen molar-refractivity contribution in [3.63, 3.8) is 0 Å². The number of nitrogens with zero attached hydrogens (tertiary/aromatic N) is 2. The minimum Gasteiger partial charge on any atom is -0.480 e. The first-order valence-electron chi connectivity index (χ1n) is 6.75. The lowest BCUT2D eigenvalue weighted by molar-refractivity contribution is -0.145. The highest BCUT2D eigenvalue weighted by Crippen LogP contribution is 2.28. The summed E-state index contributed by atoms with van der Waals surface area (Å²) in [4.78, 5) is 37.7. The Bertz CT molecular complexity index is 389. The monoisotopic (exact) mass is 285 g/mol. The van der Waals surface area contributed by atoms with Crippen molar-refractivity contribution in [2.45, 2.75) is 37.6 Å². The Kier molecular flexibility index (Phi) is 5.35. The minimum atomic E-state index is -1.19. The molecule has 20 heavy (non-hydrogen) atoms. The number of hydrogen-bond acceptors (Lipinski definition) is 3. The van der Waals surface area contributed by atoms with E-state index in [0.717, 1.165) is 19.3 Å². The van der Waals surface area contributed by atoms with Crippen LogP contribution in [0, 0.1) is 0 Å². The highest BCUT2D eigenvalue weighted by atomic mass is 16.4. The van der Waals surface area contributed by atoms with E-state index in [-0.39, 0.29) is 12.5 Å². The van der Waals surface area contributed by atoms with Crippen molar-refractivity contribution in [2.24, 2.45) is 0 Å². The maximum absolute atomic E-state index is 12.1. The Morgan fingerprint density at radius 2 is 1.65 bits per heavy atom. The summed E-state index contributed by atoms with van der Waals surface area (Å²) in [7, 11) is 4.69. The van der Waals surface area contributed by atoms with E-state index in [2.05, 4.69) is 5.32 Å². The summed E-state index contributed by atoms with van der Waals surface area (Å²) >= 11 is 0. The number of likely N-dealkylation sites (N-methyl/N-ethyl adjacent to an activating group) is 2. The molecular formula is C13H23N3O4. The number of urea groups is 1. The molecule has 0 aliphatic heterocycles. The fourth-order valence-corrected chi connectivity index (χ4v) is 2.26. The van der Waals surface area contributed by atoms with Crippen LogP contribution in [0.1, 0.15) is 32.1 Å². The van der Waals surface area contributed by atoms with Gasteiger partial charge in [-0.1, -0.05) is 19.3 Å². The van der Waals surface area contributed by atoms with Crippen LogP contribution in [-0.2, 0) is 9.59 Å². The van der Waals surface area contributed by atoms with Crippen LogP contribution in [0.2, 0.25) is 0 Å². The number of carboxylic acids is 1. The largest absolute Gasteiger partial charge is 0.480 e. The fraction of sp³-hybridized carbons (Fsp3) is 0.769. The first-order valence-corrected chi connectivity index (χ1v) is 6.75. The fourth-order valence-electron chi connectivity index (χ4n) is 2.26. The predicted octanol–water partition coefficient (Wildman–Crippen LogP) is 0.504. The van der Waals surface area contributed by atoms with Crippen LogP contribution in [-0.4, -0.2) is 66.0 Å². The molecule has 114 valence electrons. The second-order valence-electron chi connectivity index (χ2n) is 5.52. The molecule has 1 rings (SSSR count). The number of carbonyl (C=O) groups is 3. The summed E-state index contributed by atoms with van der Waals surface area (Å²) in [5.41, 5.74) is -1.19. The van der Waals surface area contributed by atoms with Gasteiger partial charge in [0.25, 0.3) is 0 Å². The van der Waals surface area contributed by atoms with Gasteiger partial charge in [0.1, 0.15) is 12.1 Å². The maximum Gasteiger partial charge on any atom is 0.329 e. The van der Waals surface area contributed by atoms with Crippen molar-refractivity contribution in [3.8, 4) is 0 Å². The lowest BCUT2D eigenvalue weighted by Crippen LogP contribution is -2.58. The first kappa shape index (κ1) is 16.3. The van der Waals surface area contributed by atoms with E-state index >= 15 is 0 Å². The maximum atomic E-state index is 12.1. The van der Waals surface area contributed by atoms with Gasteiger partial charge in [-0.3, -0.25) is 4.79 Å². The summed E-state index contributed by atoms with van der Waals surface area (Å²) in [6, 6.07) is -0.524. The summed E-state index contributed by atoms with van der Waals surface area (Å²) in [5, 5.41) is 12.0. The smallest absolute Gasteiger partial charge is 0.329 e. The lowest BCUT2D eigenvalue weighted by Gasteiger charge is -2.35. The standard InChI is InChI=1S/C13H23N3O4/c1-15(2)10(17)9-16(3)12(20)14-13(11(18)19)7-5-4-6-8-13/h4-9H2,1-3H3,(H,14,20)(H,18,19). The highest BCUT2D eigenvalue weighted by molar-refractivity contribution is 5.88. The molecule has 0 aromatic carbocycles. The van der Waals surface area contributed by atoms with E-state index in [1.54, 1.807) is 14.1 Å². The average Bonchev–Trinajstić information content (AvgIpc) is 2.39. The second kappa shape index (κ2) is 6.58. The third kappa shape index (κ3) is 3.85. The molecule has 0 bridgehead atoms. The van der Waals surface area contributed by atoms with Crippen LogP contribution < -0.4 is 5.32 Å². The molecule has 0 saturated heterocycles. The molecule has 0 aromatic heterocycles. The van der Waals surface area contributed by atoms with E-state index in [0.29, 0.717) is 12.8 Å². The van der Waals surface area contributed by atoms with Crippen molar-refractivity contribution in [2.75, 3.05) is 27.7 Å². The third-order valence-electron chi connectivity index (χ3n) is 3.68. The van der Waals surface area contributed by atoms with Crippen LogP contribution in [0.4, 0.5) is 4.79 Å². The van der Waals surface area contributed by atoms with Crippen molar-refractivity contribution in [1.82, 2.24) is 15.1 Å². The van der Waals surface area contributed by atoms with Gasteiger partial charge < -0.3 is 20.2 Å². The van der Waals surface area contributed by atoms with Gasteiger partial charge in [-0.2, -0.15) is 0 Å². The Balaban J connectivity index is 2.66. The van der Waals surface area contributed by atoms with Gasteiger partial charge in [0.2, 0.25) is 5.91 Å². The normalized spacial score (nSPS) is 17.1. The van der Waals surface area contributed by atoms with Gasteiger partial charge in [-0.15, -0.1) is 0 Å². The summed E-state index contributed by atoms with van der Waals surface area (Å²) in [6.45, 7) is -0.0749. The molecule has 3 amide bonds. The number of aliphatic carboxylic acids is 1. The Morgan fingerprint density at radius 3 is 2.10 bits per heavy atom. The van der Waals surface area contributed by atoms with Crippen LogP contribution in [0.25, 0.3) is 0 Å². The van der Waals surface area contributed by atoms with E-state index in [1.807, 2.05) is 0 Å². The molecule has 1 aliphatic carbocycles. The molecule has 0 spiro atoms. The first-order chi connectivity index (χ1) is 9.28. The predicted molar refractivity (Wildman–Crippen MR) is 73.3 cm³/mol. The Hall–Kier alpha value is -1.79. The summed E-state index contributed by atoms with van der Waals surface area (Å²) in [6.07, 6.45) is 3.42. The molecule has 0 aromatic rings. The topological polar surface area (TPSA) is 90.0 Å². The Morgan fingerprint density at radius 1 is 1.10 bits per heavy atom. The van der Waals surface area contributed by atoms with Crippen molar-refractivity contribution >= 4 is 17.9 Å². The Labute approximate surface area is 118 Å². The second-order valence-corrected chi connectivity index (χ2v) is 5.52. The van der Waals surface area contributed by atoms with E-state index < -0.39 is 17.5 Å². The van der Waals surface area contributed by atoms with Crippen LogP contribution in [0.5, 0.6) is 0 Å². The zero-order chi connectivity index (χ0) is 15.3. The molecule has 0 unspecified atom stereocenters. The van der Waals surface area contributed by atoms with Gasteiger partial charge >= 0.3 is 12.0 Å². The number of hydrogen-bond donors (Lipinski definition) is 2. The zero-order valence-electron chi connectivity index (χ0n) is 12.3. The molecule has 1 fully saturated rings. The number of nitrogens with one attached hydrogen (secondary N) is 1. The van der Waals surface area contributed by atoms with Crippen molar-refractivity contribution in [1.29, 1.82) is 0 Å². The molecule has 7 nitrogen and oxygen atoms in total. The number of rotatable bonds is 4. The van der Waals surface area contributed by atoms with E-state index in [1.165, 1.54) is 16.8 Å². The summed E-state index contributed by atoms with van der Waals surface area (Å²) < 4.78 is 0. The molecule has 1 aliphatic rings. The number of carboxylic acid groups (broad SMARTS) is 1. The van der Waals surface area contributed by atoms with E-state index in [4.69, 9.17) is 0 Å². The lowest BCUT2D eigenvalue weighted by atomic mass is 9.82. The molecule has 0 heterocycles.